The van der Waals surface area contributed by atoms with E-state index in [4.69, 9.17) is 0 Å². The molecule has 1 aromatic carbocycles. The Bertz CT molecular complexity index is 347. The van der Waals surface area contributed by atoms with Crippen molar-refractivity contribution >= 4 is 18.4 Å². The number of hydrogen-bond donors (Lipinski definition) is 1. The summed E-state index contributed by atoms with van der Waals surface area (Å²) in [4.78, 5) is 12.9. The van der Waals surface area contributed by atoms with Crippen LogP contribution < -0.4 is 5.39 Å². The highest BCUT2D eigenvalue weighted by atomic mass is 16.6. The van der Waals surface area contributed by atoms with E-state index in [1.807, 2.05) is 31.7 Å². The molecule has 3 rings (SSSR count). The zero-order valence-corrected chi connectivity index (χ0v) is 8.26. The predicted molar refractivity (Wildman–Crippen MR) is 59.2 cm³/mol. The van der Waals surface area contributed by atoms with Crippen LogP contribution >= 0.6 is 0 Å². The molecule has 1 radical (unpaired) electrons. The summed E-state index contributed by atoms with van der Waals surface area (Å²) in [6.45, 7) is 0.833. The van der Waals surface area contributed by atoms with Crippen molar-refractivity contribution in [3.05, 3.63) is 36.7 Å². The van der Waals surface area contributed by atoms with Crippen LogP contribution in [0, 0.1) is 0 Å². The zero-order chi connectivity index (χ0) is 10.3. The van der Waals surface area contributed by atoms with E-state index < -0.39 is 0 Å². The molecule has 0 bridgehead atoms. The van der Waals surface area contributed by atoms with Gasteiger partial charge in [-0.05, 0) is 18.5 Å². The SMILES string of the molecule is [B]1CCON1.c1ccc2nccnc2c1. The predicted octanol–water partition coefficient (Wildman–Crippen LogP) is 1.19. The molecule has 1 aromatic heterocycles. The van der Waals surface area contributed by atoms with Crippen molar-refractivity contribution in [2.24, 2.45) is 0 Å². The van der Waals surface area contributed by atoms with Crippen molar-refractivity contribution in [2.75, 3.05) is 6.61 Å². The summed E-state index contributed by atoms with van der Waals surface area (Å²) in [5.41, 5.74) is 1.90. The van der Waals surface area contributed by atoms with Gasteiger partial charge in [0.05, 0.1) is 17.6 Å². The molecular formula is C10H11BN3O. The van der Waals surface area contributed by atoms with Gasteiger partial charge in [-0.15, -0.1) is 0 Å². The molecule has 5 heteroatoms. The Morgan fingerprint density at radius 2 is 1.80 bits per heavy atom. The maximum atomic E-state index is 4.64. The van der Waals surface area contributed by atoms with E-state index in [0.29, 0.717) is 0 Å². The molecule has 0 amide bonds. The summed E-state index contributed by atoms with van der Waals surface area (Å²) >= 11 is 0. The topological polar surface area (TPSA) is 47.0 Å². The van der Waals surface area contributed by atoms with E-state index in [1.165, 1.54) is 0 Å². The lowest BCUT2D eigenvalue weighted by atomic mass is 9.94. The van der Waals surface area contributed by atoms with Gasteiger partial charge in [-0.25, -0.2) is 0 Å². The maximum Gasteiger partial charge on any atom is 0.244 e. The number of benzene rings is 1. The lowest BCUT2D eigenvalue weighted by molar-refractivity contribution is 0.128. The van der Waals surface area contributed by atoms with E-state index in [0.717, 1.165) is 24.0 Å². The van der Waals surface area contributed by atoms with Crippen LogP contribution in [0.2, 0.25) is 6.32 Å². The van der Waals surface area contributed by atoms with Crippen molar-refractivity contribution in [3.63, 3.8) is 0 Å². The number of fused-ring (bicyclic) bond motifs is 1. The lowest BCUT2D eigenvalue weighted by Crippen LogP contribution is -2.05. The first-order valence-corrected chi connectivity index (χ1v) is 4.81. The van der Waals surface area contributed by atoms with Crippen LogP contribution in [0.3, 0.4) is 0 Å². The fraction of sp³-hybridized carbons (Fsp3) is 0.200. The Morgan fingerprint density at radius 1 is 1.13 bits per heavy atom. The first-order valence-electron chi connectivity index (χ1n) is 4.81. The van der Waals surface area contributed by atoms with E-state index in [1.54, 1.807) is 12.4 Å². The molecule has 1 fully saturated rings. The smallest absolute Gasteiger partial charge is 0.244 e. The highest BCUT2D eigenvalue weighted by molar-refractivity contribution is 6.32. The monoisotopic (exact) mass is 200 g/mol. The molecule has 2 aromatic rings. The standard InChI is InChI=1S/C8H6N2.C2H5BNO/c1-2-4-8-7(3-1)9-5-6-10-8;1-2-5-4-3-1/h1-6H;4H,1-2H2. The Morgan fingerprint density at radius 3 is 2.20 bits per heavy atom. The molecule has 4 nitrogen and oxygen atoms in total. The van der Waals surface area contributed by atoms with E-state index in [-0.39, 0.29) is 0 Å². The maximum absolute atomic E-state index is 4.64. The van der Waals surface area contributed by atoms with Crippen LogP contribution in [0.1, 0.15) is 0 Å². The van der Waals surface area contributed by atoms with Gasteiger partial charge in [-0.3, -0.25) is 15.4 Å². The number of rotatable bonds is 0. The average molecular weight is 200 g/mol. The van der Waals surface area contributed by atoms with Gasteiger partial charge in [0.15, 0.2) is 0 Å². The molecule has 0 atom stereocenters. The van der Waals surface area contributed by atoms with Gasteiger partial charge in [-0.1, -0.05) is 12.1 Å². The van der Waals surface area contributed by atoms with Crippen LogP contribution in [0.4, 0.5) is 0 Å². The fourth-order valence-electron chi connectivity index (χ4n) is 1.20. The molecule has 0 unspecified atom stereocenters. The Kier molecular flexibility index (Phi) is 3.65. The van der Waals surface area contributed by atoms with Gasteiger partial charge in [0.2, 0.25) is 7.41 Å². The molecule has 0 spiro atoms. The van der Waals surface area contributed by atoms with Crippen LogP contribution in [0.15, 0.2) is 36.7 Å². The zero-order valence-electron chi connectivity index (χ0n) is 8.26. The third-order valence-electron chi connectivity index (χ3n) is 1.91. The summed E-state index contributed by atoms with van der Waals surface area (Å²) in [5, 5.41) is 2.60. The average Bonchev–Trinajstić information content (AvgIpc) is 2.88. The molecule has 0 saturated carbocycles. The Hall–Kier alpha value is -1.46. The van der Waals surface area contributed by atoms with Gasteiger partial charge in [0.1, 0.15) is 0 Å². The lowest BCUT2D eigenvalue weighted by Gasteiger charge is -1.90. The normalized spacial score (nSPS) is 14.1. The number of nitrogens with one attached hydrogen (secondary N) is 1. The van der Waals surface area contributed by atoms with E-state index in [2.05, 4.69) is 20.2 Å². The fourth-order valence-corrected chi connectivity index (χ4v) is 1.20. The molecule has 75 valence electrons. The van der Waals surface area contributed by atoms with Crippen molar-refractivity contribution in [3.8, 4) is 0 Å². The third kappa shape index (κ3) is 3.01. The Balaban J connectivity index is 0.000000144. The van der Waals surface area contributed by atoms with Gasteiger partial charge in [0.25, 0.3) is 0 Å². The van der Waals surface area contributed by atoms with Crippen LogP contribution in [0.5, 0.6) is 0 Å². The van der Waals surface area contributed by atoms with Crippen molar-refractivity contribution in [1.29, 1.82) is 0 Å². The van der Waals surface area contributed by atoms with Crippen molar-refractivity contribution in [1.82, 2.24) is 15.4 Å². The number of nitrogens with zero attached hydrogens (tertiary/aromatic N) is 2. The highest BCUT2D eigenvalue weighted by Crippen LogP contribution is 2.04. The van der Waals surface area contributed by atoms with Crippen molar-refractivity contribution in [2.45, 2.75) is 6.32 Å². The minimum atomic E-state index is 0.833. The molecule has 15 heavy (non-hydrogen) atoms. The molecular weight excluding hydrogens is 189 g/mol. The first kappa shape index (κ1) is 10.1. The molecule has 2 heterocycles. The van der Waals surface area contributed by atoms with Crippen LogP contribution in [0.25, 0.3) is 11.0 Å². The molecule has 0 aliphatic carbocycles. The minimum absolute atomic E-state index is 0.833. The second kappa shape index (κ2) is 5.43. The molecule has 1 N–H and O–H groups in total. The summed E-state index contributed by atoms with van der Waals surface area (Å²) in [6, 6.07) is 7.80. The summed E-state index contributed by atoms with van der Waals surface area (Å²) in [5.74, 6) is 0. The quantitative estimate of drug-likeness (QED) is 0.648. The largest absolute Gasteiger partial charge is 0.315 e. The van der Waals surface area contributed by atoms with Gasteiger partial charge in [0, 0.05) is 12.4 Å². The van der Waals surface area contributed by atoms with Crippen LogP contribution in [-0.4, -0.2) is 24.0 Å². The summed E-state index contributed by atoms with van der Waals surface area (Å²) in [7, 11) is 1.89. The van der Waals surface area contributed by atoms with Gasteiger partial charge < -0.3 is 4.84 Å². The summed E-state index contributed by atoms with van der Waals surface area (Å²) < 4.78 is 0. The second-order valence-electron chi connectivity index (χ2n) is 3.00. The van der Waals surface area contributed by atoms with Crippen molar-refractivity contribution < 1.29 is 4.84 Å². The highest BCUT2D eigenvalue weighted by Gasteiger charge is 1.97. The van der Waals surface area contributed by atoms with Crippen LogP contribution in [-0.2, 0) is 4.84 Å². The molecule has 1 aliphatic heterocycles. The van der Waals surface area contributed by atoms with E-state index in [9.17, 15) is 0 Å². The second-order valence-corrected chi connectivity index (χ2v) is 3.00. The molecule has 1 aliphatic rings. The first-order chi connectivity index (χ1) is 7.47. The third-order valence-corrected chi connectivity index (χ3v) is 1.91. The van der Waals surface area contributed by atoms with E-state index >= 15 is 0 Å². The minimum Gasteiger partial charge on any atom is -0.315 e. The number of hydrogen-bond acceptors (Lipinski definition) is 4. The summed E-state index contributed by atoms with van der Waals surface area (Å²) in [6.07, 6.45) is 4.44. The number of aromatic nitrogens is 2. The van der Waals surface area contributed by atoms with Gasteiger partial charge >= 0.3 is 0 Å². The number of para-hydroxylation sites is 2. The molecule has 1 saturated heterocycles. The Labute approximate surface area is 88.9 Å². The van der Waals surface area contributed by atoms with Gasteiger partial charge in [-0.2, -0.15) is 0 Å².